The van der Waals surface area contributed by atoms with Crippen molar-refractivity contribution in [2.75, 3.05) is 5.32 Å². The third-order valence-corrected chi connectivity index (χ3v) is 3.66. The van der Waals surface area contributed by atoms with Crippen molar-refractivity contribution in [1.29, 1.82) is 0 Å². The van der Waals surface area contributed by atoms with Gasteiger partial charge in [-0.15, -0.1) is 11.3 Å². The lowest BCUT2D eigenvalue weighted by molar-refractivity contribution is 0.101. The van der Waals surface area contributed by atoms with E-state index in [-0.39, 0.29) is 5.91 Å². The number of hydrogen-bond donors (Lipinski definition) is 1. The fourth-order valence-electron chi connectivity index (χ4n) is 1.66. The molecule has 2 rings (SSSR count). The summed E-state index contributed by atoms with van der Waals surface area (Å²) in [6.45, 7) is 4.87. The zero-order valence-corrected chi connectivity index (χ0v) is 12.6. The molecule has 0 aromatic carbocycles. The Hall–Kier alpha value is -1.14. The maximum atomic E-state index is 12.1. The number of amides is 1. The number of aryl methyl sites for hydroxylation is 2. The van der Waals surface area contributed by atoms with E-state index in [0.717, 1.165) is 22.3 Å². The highest BCUT2D eigenvalue weighted by atomic mass is 79.9. The number of anilines is 1. The van der Waals surface area contributed by atoms with E-state index in [1.807, 2.05) is 23.8 Å². The van der Waals surface area contributed by atoms with E-state index in [9.17, 15) is 4.79 Å². The van der Waals surface area contributed by atoms with Gasteiger partial charge in [-0.1, -0.05) is 6.92 Å². The van der Waals surface area contributed by atoms with Gasteiger partial charge in [0, 0.05) is 28.3 Å². The van der Waals surface area contributed by atoms with E-state index in [1.165, 1.54) is 11.3 Å². The molecule has 18 heavy (non-hydrogen) atoms. The van der Waals surface area contributed by atoms with Crippen molar-refractivity contribution < 1.29 is 4.79 Å². The molecular formula is C12H14BrN3OS. The van der Waals surface area contributed by atoms with Crippen molar-refractivity contribution in [3.8, 4) is 0 Å². The van der Waals surface area contributed by atoms with E-state index in [0.29, 0.717) is 10.8 Å². The van der Waals surface area contributed by atoms with Gasteiger partial charge < -0.3 is 4.57 Å². The molecule has 0 radical (unpaired) electrons. The Morgan fingerprint density at radius 1 is 1.61 bits per heavy atom. The highest BCUT2D eigenvalue weighted by molar-refractivity contribution is 9.10. The molecule has 4 nitrogen and oxygen atoms in total. The predicted molar refractivity (Wildman–Crippen MR) is 77.2 cm³/mol. The van der Waals surface area contributed by atoms with Gasteiger partial charge in [-0.3, -0.25) is 10.1 Å². The van der Waals surface area contributed by atoms with Crippen LogP contribution in [-0.4, -0.2) is 15.5 Å². The molecule has 6 heteroatoms. The number of hydrogen-bond acceptors (Lipinski definition) is 3. The van der Waals surface area contributed by atoms with Crippen LogP contribution in [0.2, 0.25) is 0 Å². The van der Waals surface area contributed by atoms with Crippen molar-refractivity contribution in [2.45, 2.75) is 26.8 Å². The minimum atomic E-state index is -0.122. The van der Waals surface area contributed by atoms with E-state index in [2.05, 4.69) is 33.2 Å². The molecule has 0 bridgehead atoms. The minimum absolute atomic E-state index is 0.122. The number of carbonyl (C=O) groups is 1. The molecule has 0 saturated heterocycles. The highest BCUT2D eigenvalue weighted by Gasteiger charge is 2.14. The number of nitrogens with one attached hydrogen (secondary N) is 1. The summed E-state index contributed by atoms with van der Waals surface area (Å²) >= 11 is 4.87. The topological polar surface area (TPSA) is 46.9 Å². The smallest absolute Gasteiger partial charge is 0.274 e. The first kappa shape index (κ1) is 13.3. The SMILES string of the molecule is CCCn1cc(Br)cc1C(=O)Nc1ncc(C)s1. The summed E-state index contributed by atoms with van der Waals surface area (Å²) in [6, 6.07) is 1.82. The molecule has 1 amide bonds. The summed E-state index contributed by atoms with van der Waals surface area (Å²) in [5, 5.41) is 3.45. The van der Waals surface area contributed by atoms with Crippen LogP contribution < -0.4 is 5.32 Å². The van der Waals surface area contributed by atoms with E-state index in [1.54, 1.807) is 6.20 Å². The first-order valence-electron chi connectivity index (χ1n) is 5.69. The van der Waals surface area contributed by atoms with Gasteiger partial charge in [0.05, 0.1) is 0 Å². The lowest BCUT2D eigenvalue weighted by Crippen LogP contribution is -2.16. The van der Waals surface area contributed by atoms with Crippen LogP contribution in [0.5, 0.6) is 0 Å². The van der Waals surface area contributed by atoms with Gasteiger partial charge in [0.15, 0.2) is 5.13 Å². The molecule has 2 aromatic heterocycles. The number of carbonyl (C=O) groups excluding carboxylic acids is 1. The molecule has 0 atom stereocenters. The van der Waals surface area contributed by atoms with Crippen molar-refractivity contribution in [2.24, 2.45) is 0 Å². The molecular weight excluding hydrogens is 314 g/mol. The molecule has 0 aliphatic rings. The first-order valence-corrected chi connectivity index (χ1v) is 7.30. The molecule has 96 valence electrons. The highest BCUT2D eigenvalue weighted by Crippen LogP contribution is 2.20. The van der Waals surface area contributed by atoms with Gasteiger partial charge in [-0.25, -0.2) is 4.98 Å². The van der Waals surface area contributed by atoms with Crippen LogP contribution in [0, 0.1) is 6.92 Å². The molecule has 0 saturated carbocycles. The van der Waals surface area contributed by atoms with Gasteiger partial charge in [0.1, 0.15) is 5.69 Å². The summed E-state index contributed by atoms with van der Waals surface area (Å²) in [4.78, 5) is 17.4. The maximum absolute atomic E-state index is 12.1. The second-order valence-corrected chi connectivity index (χ2v) is 6.12. The number of nitrogens with zero attached hydrogens (tertiary/aromatic N) is 2. The van der Waals surface area contributed by atoms with E-state index < -0.39 is 0 Å². The van der Waals surface area contributed by atoms with Crippen molar-refractivity contribution in [1.82, 2.24) is 9.55 Å². The number of thiazole rings is 1. The van der Waals surface area contributed by atoms with Crippen LogP contribution in [0.4, 0.5) is 5.13 Å². The summed E-state index contributed by atoms with van der Waals surface area (Å²) < 4.78 is 2.86. The summed E-state index contributed by atoms with van der Waals surface area (Å²) in [6.07, 6.45) is 4.66. The third-order valence-electron chi connectivity index (χ3n) is 2.40. The Morgan fingerprint density at radius 3 is 3.00 bits per heavy atom. The zero-order chi connectivity index (χ0) is 13.1. The van der Waals surface area contributed by atoms with Crippen LogP contribution >= 0.6 is 27.3 Å². The van der Waals surface area contributed by atoms with E-state index >= 15 is 0 Å². The second kappa shape index (κ2) is 5.67. The Bertz CT molecular complexity index is 561. The van der Waals surface area contributed by atoms with Gasteiger partial charge in [-0.2, -0.15) is 0 Å². The molecule has 0 aliphatic heterocycles. The lowest BCUT2D eigenvalue weighted by Gasteiger charge is -2.06. The Kier molecular flexibility index (Phi) is 4.19. The molecule has 0 fully saturated rings. The van der Waals surface area contributed by atoms with Crippen molar-refractivity contribution in [3.05, 3.63) is 33.5 Å². The molecule has 0 unspecified atom stereocenters. The minimum Gasteiger partial charge on any atom is -0.342 e. The van der Waals surface area contributed by atoms with Gasteiger partial charge >= 0.3 is 0 Å². The fourth-order valence-corrected chi connectivity index (χ4v) is 2.79. The van der Waals surface area contributed by atoms with Gasteiger partial charge in [0.2, 0.25) is 0 Å². The van der Waals surface area contributed by atoms with Crippen molar-refractivity contribution >= 4 is 38.3 Å². The average molecular weight is 328 g/mol. The molecule has 2 aromatic rings. The third kappa shape index (κ3) is 3.00. The van der Waals surface area contributed by atoms with Gasteiger partial charge in [0.25, 0.3) is 5.91 Å². The molecule has 0 aliphatic carbocycles. The summed E-state index contributed by atoms with van der Waals surface area (Å²) in [5.41, 5.74) is 0.650. The Labute approximate surface area is 118 Å². The Balaban J connectivity index is 2.17. The molecule has 2 heterocycles. The summed E-state index contributed by atoms with van der Waals surface area (Å²) in [7, 11) is 0. The van der Waals surface area contributed by atoms with Crippen LogP contribution in [0.25, 0.3) is 0 Å². The largest absolute Gasteiger partial charge is 0.342 e. The number of rotatable bonds is 4. The first-order chi connectivity index (χ1) is 8.60. The average Bonchev–Trinajstić information content (AvgIpc) is 2.86. The lowest BCUT2D eigenvalue weighted by atomic mass is 10.4. The predicted octanol–water partition coefficient (Wildman–Crippen LogP) is 3.68. The maximum Gasteiger partial charge on any atom is 0.274 e. The molecule has 0 spiro atoms. The molecule has 1 N–H and O–H groups in total. The van der Waals surface area contributed by atoms with Crippen LogP contribution in [0.3, 0.4) is 0 Å². The fraction of sp³-hybridized carbons (Fsp3) is 0.333. The van der Waals surface area contributed by atoms with Crippen molar-refractivity contribution in [3.63, 3.8) is 0 Å². The van der Waals surface area contributed by atoms with Crippen LogP contribution in [0.1, 0.15) is 28.7 Å². The summed E-state index contributed by atoms with van der Waals surface area (Å²) in [5.74, 6) is -0.122. The Morgan fingerprint density at radius 2 is 2.39 bits per heavy atom. The second-order valence-electron chi connectivity index (χ2n) is 3.97. The van der Waals surface area contributed by atoms with Crippen LogP contribution in [-0.2, 0) is 6.54 Å². The quantitative estimate of drug-likeness (QED) is 0.931. The van der Waals surface area contributed by atoms with Gasteiger partial charge in [-0.05, 0) is 35.3 Å². The monoisotopic (exact) mass is 327 g/mol. The van der Waals surface area contributed by atoms with E-state index in [4.69, 9.17) is 0 Å². The number of aromatic nitrogens is 2. The normalized spacial score (nSPS) is 10.6. The zero-order valence-electron chi connectivity index (χ0n) is 10.2. The van der Waals surface area contributed by atoms with Crippen LogP contribution in [0.15, 0.2) is 22.9 Å². The standard InChI is InChI=1S/C12H14BrN3OS/c1-3-4-16-7-9(13)5-10(16)11(17)15-12-14-6-8(2)18-12/h5-7H,3-4H2,1-2H3,(H,14,15,17). The number of halogens is 1.